The van der Waals surface area contributed by atoms with Crippen LogP contribution in [0.15, 0.2) is 72.8 Å². The van der Waals surface area contributed by atoms with E-state index in [0.29, 0.717) is 5.69 Å². The van der Waals surface area contributed by atoms with Crippen LogP contribution >= 0.6 is 0 Å². The highest BCUT2D eigenvalue weighted by Crippen LogP contribution is 2.30. The second-order valence-electron chi connectivity index (χ2n) is 6.81. The Hall–Kier alpha value is -3.91. The summed E-state index contributed by atoms with van der Waals surface area (Å²) in [4.78, 5) is 23.8. The van der Waals surface area contributed by atoms with Crippen LogP contribution < -0.4 is 5.32 Å². The van der Waals surface area contributed by atoms with Gasteiger partial charge in [0.05, 0.1) is 5.69 Å². The lowest BCUT2D eigenvalue weighted by Gasteiger charge is -2.25. The molecule has 0 aliphatic carbocycles. The number of aromatic hydroxyl groups is 1. The molecule has 8 heteroatoms. The summed E-state index contributed by atoms with van der Waals surface area (Å²) < 4.78 is 25.1. The number of carboxylic acid groups (broad SMARTS) is 1. The van der Waals surface area contributed by atoms with Crippen molar-refractivity contribution in [2.24, 2.45) is 0 Å². The lowest BCUT2D eigenvalue weighted by Crippen LogP contribution is -2.28. The Kier molecular flexibility index (Phi) is 7.41. The lowest BCUT2D eigenvalue weighted by molar-refractivity contribution is -0.131. The summed E-state index contributed by atoms with van der Waals surface area (Å²) in [6.07, 6.45) is -0.968. The number of carbonyl (C=O) groups excluding carboxylic acids is 1. The maximum Gasteiger partial charge on any atom is 0.412 e. The Bertz CT molecular complexity index is 1140. The standard InChI is InChI=1S/C24H22FNO6/c1-2-31-21(12-13-22(28)29)23(16-10-11-20(27)18(25)14-16)32-24(30)26-19-9-5-7-15-6-3-4-8-17(15)19/h3-14,21,23,27H,2H2,1H3,(H,26,30)(H,28,29)/b13-12+/t21-,23-/m0/s1. The molecule has 2 atom stereocenters. The molecule has 3 aromatic carbocycles. The van der Waals surface area contributed by atoms with Gasteiger partial charge < -0.3 is 19.7 Å². The van der Waals surface area contributed by atoms with E-state index in [1.165, 1.54) is 12.1 Å². The molecule has 0 saturated heterocycles. The second kappa shape index (κ2) is 10.4. The average molecular weight is 439 g/mol. The SMILES string of the molecule is CCO[C@@H](/C=C/C(=O)O)[C@@H](OC(=O)Nc1cccc2ccccc12)c1ccc(O)c(F)c1. The number of ether oxygens (including phenoxy) is 2. The third-order valence-corrected chi connectivity index (χ3v) is 4.65. The van der Waals surface area contributed by atoms with E-state index >= 15 is 0 Å². The molecule has 3 N–H and O–H groups in total. The van der Waals surface area contributed by atoms with Crippen molar-refractivity contribution >= 4 is 28.5 Å². The molecule has 0 spiro atoms. The van der Waals surface area contributed by atoms with Crippen molar-refractivity contribution in [3.05, 3.63) is 84.2 Å². The quantitative estimate of drug-likeness (QED) is 0.426. The minimum atomic E-state index is -1.22. The van der Waals surface area contributed by atoms with Crippen LogP contribution in [0.3, 0.4) is 0 Å². The molecule has 0 aliphatic rings. The number of carboxylic acids is 1. The Morgan fingerprint density at radius 1 is 1.12 bits per heavy atom. The molecule has 0 saturated carbocycles. The fraction of sp³-hybridized carbons (Fsp3) is 0.167. The van der Waals surface area contributed by atoms with Gasteiger partial charge in [0.25, 0.3) is 0 Å². The third-order valence-electron chi connectivity index (χ3n) is 4.65. The van der Waals surface area contributed by atoms with Gasteiger partial charge in [-0.1, -0.05) is 42.5 Å². The molecule has 3 rings (SSSR count). The summed E-state index contributed by atoms with van der Waals surface area (Å²) in [7, 11) is 0. The summed E-state index contributed by atoms with van der Waals surface area (Å²) >= 11 is 0. The van der Waals surface area contributed by atoms with Crippen molar-refractivity contribution in [1.82, 2.24) is 0 Å². The highest BCUT2D eigenvalue weighted by Gasteiger charge is 2.27. The first-order valence-electron chi connectivity index (χ1n) is 9.85. The summed E-state index contributed by atoms with van der Waals surface area (Å²) in [5, 5.41) is 22.9. The predicted molar refractivity (Wildman–Crippen MR) is 117 cm³/mol. The van der Waals surface area contributed by atoms with Crippen LogP contribution in [0, 0.1) is 5.82 Å². The highest BCUT2D eigenvalue weighted by molar-refractivity contribution is 6.00. The fourth-order valence-corrected chi connectivity index (χ4v) is 3.23. The zero-order chi connectivity index (χ0) is 23.1. The molecular weight excluding hydrogens is 417 g/mol. The molecule has 0 fully saturated rings. The van der Waals surface area contributed by atoms with Gasteiger partial charge in [-0.05, 0) is 42.1 Å². The molecule has 1 amide bonds. The van der Waals surface area contributed by atoms with Crippen LogP contribution in [0.2, 0.25) is 0 Å². The number of hydrogen-bond donors (Lipinski definition) is 3. The topological polar surface area (TPSA) is 105 Å². The molecular formula is C24H22FNO6. The zero-order valence-electron chi connectivity index (χ0n) is 17.2. The van der Waals surface area contributed by atoms with E-state index in [1.54, 1.807) is 19.1 Å². The Morgan fingerprint density at radius 2 is 1.88 bits per heavy atom. The van der Waals surface area contributed by atoms with Crippen LogP contribution in [0.5, 0.6) is 5.75 Å². The average Bonchev–Trinajstić information content (AvgIpc) is 2.77. The number of benzene rings is 3. The molecule has 7 nitrogen and oxygen atoms in total. The van der Waals surface area contributed by atoms with E-state index in [1.807, 2.05) is 30.3 Å². The van der Waals surface area contributed by atoms with Gasteiger partial charge in [-0.25, -0.2) is 14.0 Å². The van der Waals surface area contributed by atoms with E-state index in [9.17, 15) is 19.1 Å². The first-order valence-corrected chi connectivity index (χ1v) is 9.85. The lowest BCUT2D eigenvalue weighted by atomic mass is 10.0. The smallest absolute Gasteiger partial charge is 0.412 e. The molecule has 0 aliphatic heterocycles. The van der Waals surface area contributed by atoms with Crippen LogP contribution in [0.4, 0.5) is 14.9 Å². The van der Waals surface area contributed by atoms with Gasteiger partial charge in [-0.3, -0.25) is 5.32 Å². The maximum absolute atomic E-state index is 14.0. The van der Waals surface area contributed by atoms with Crippen molar-refractivity contribution in [2.75, 3.05) is 11.9 Å². The number of phenols is 1. The van der Waals surface area contributed by atoms with Gasteiger partial charge in [0.2, 0.25) is 0 Å². The van der Waals surface area contributed by atoms with E-state index in [-0.39, 0.29) is 12.2 Å². The number of aliphatic carboxylic acids is 1. The molecule has 0 bridgehead atoms. The largest absolute Gasteiger partial charge is 0.505 e. The molecule has 3 aromatic rings. The highest BCUT2D eigenvalue weighted by atomic mass is 19.1. The normalized spacial score (nSPS) is 13.1. The number of hydrogen-bond acceptors (Lipinski definition) is 5. The number of amides is 1. The van der Waals surface area contributed by atoms with Crippen LogP contribution in [-0.2, 0) is 14.3 Å². The number of nitrogens with one attached hydrogen (secondary N) is 1. The number of carbonyl (C=O) groups is 2. The van der Waals surface area contributed by atoms with Crippen molar-refractivity contribution in [3.8, 4) is 5.75 Å². The maximum atomic E-state index is 14.0. The number of anilines is 1. The molecule has 32 heavy (non-hydrogen) atoms. The van der Waals surface area contributed by atoms with Gasteiger partial charge in [0.15, 0.2) is 17.7 Å². The van der Waals surface area contributed by atoms with Gasteiger partial charge in [0, 0.05) is 18.1 Å². The van der Waals surface area contributed by atoms with Crippen LogP contribution in [-0.4, -0.2) is 35.0 Å². The number of phenolic OH excluding ortho intramolecular Hbond substituents is 1. The summed E-state index contributed by atoms with van der Waals surface area (Å²) in [5.41, 5.74) is 0.694. The van der Waals surface area contributed by atoms with Gasteiger partial charge in [-0.2, -0.15) is 0 Å². The molecule has 0 aromatic heterocycles. The van der Waals surface area contributed by atoms with Crippen molar-refractivity contribution in [3.63, 3.8) is 0 Å². The summed E-state index contributed by atoms with van der Waals surface area (Å²) in [6.45, 7) is 1.87. The van der Waals surface area contributed by atoms with Gasteiger partial charge in [0.1, 0.15) is 6.10 Å². The Morgan fingerprint density at radius 3 is 2.59 bits per heavy atom. The first kappa shape index (κ1) is 22.8. The predicted octanol–water partition coefficient (Wildman–Crippen LogP) is 5.02. The van der Waals surface area contributed by atoms with Gasteiger partial charge >= 0.3 is 12.1 Å². The number of halogens is 1. The second-order valence-corrected chi connectivity index (χ2v) is 6.81. The van der Waals surface area contributed by atoms with Crippen LogP contribution in [0.25, 0.3) is 10.8 Å². The van der Waals surface area contributed by atoms with Crippen LogP contribution in [0.1, 0.15) is 18.6 Å². The molecule has 166 valence electrons. The zero-order valence-corrected chi connectivity index (χ0v) is 17.2. The van der Waals surface area contributed by atoms with E-state index in [4.69, 9.17) is 14.6 Å². The number of rotatable bonds is 8. The summed E-state index contributed by atoms with van der Waals surface area (Å²) in [5.74, 6) is -2.70. The number of fused-ring (bicyclic) bond motifs is 1. The van der Waals surface area contributed by atoms with Crippen molar-refractivity contribution in [2.45, 2.75) is 19.1 Å². The Labute approximate surface area is 183 Å². The minimum Gasteiger partial charge on any atom is -0.505 e. The Balaban J connectivity index is 1.92. The third kappa shape index (κ3) is 5.61. The van der Waals surface area contributed by atoms with Gasteiger partial charge in [-0.15, -0.1) is 0 Å². The van der Waals surface area contributed by atoms with Crippen molar-refractivity contribution < 1.29 is 33.7 Å². The fourth-order valence-electron chi connectivity index (χ4n) is 3.23. The monoisotopic (exact) mass is 439 g/mol. The van der Waals surface area contributed by atoms with Crippen molar-refractivity contribution in [1.29, 1.82) is 0 Å². The minimum absolute atomic E-state index is 0.181. The van der Waals surface area contributed by atoms with E-state index < -0.39 is 35.8 Å². The molecule has 0 heterocycles. The summed E-state index contributed by atoms with van der Waals surface area (Å²) in [6, 6.07) is 16.3. The molecule has 0 unspecified atom stereocenters. The van der Waals surface area contributed by atoms with E-state index in [2.05, 4.69) is 5.32 Å². The molecule has 0 radical (unpaired) electrons. The van der Waals surface area contributed by atoms with E-state index in [0.717, 1.165) is 29.0 Å². The first-order chi connectivity index (χ1) is 15.4.